The lowest BCUT2D eigenvalue weighted by molar-refractivity contribution is -0.676. The lowest BCUT2D eigenvalue weighted by Gasteiger charge is -2.15. The molecular formula is C24H26N3OS+. The number of aromatic nitrogens is 1. The number of quaternary nitrogens is 1. The van der Waals surface area contributed by atoms with Gasteiger partial charge in [-0.05, 0) is 36.4 Å². The van der Waals surface area contributed by atoms with E-state index in [1.807, 2.05) is 18.3 Å². The lowest BCUT2D eigenvalue weighted by atomic mass is 10.0. The second kappa shape index (κ2) is 9.07. The molecule has 0 aliphatic rings. The molecule has 0 saturated carbocycles. The van der Waals surface area contributed by atoms with Gasteiger partial charge < -0.3 is 15.6 Å². The van der Waals surface area contributed by atoms with Crippen LogP contribution in [0, 0.1) is 6.92 Å². The van der Waals surface area contributed by atoms with Crippen molar-refractivity contribution >= 4 is 28.1 Å². The van der Waals surface area contributed by atoms with Crippen molar-refractivity contribution in [1.29, 1.82) is 0 Å². The standard InChI is InChI=1S/C24H25N3OS/c1-17-8-10-18(11-9-17)24(22-7-4-14-29-22)27-16-23(28)25-13-12-19-15-26-21-6-3-2-5-20(19)21/h2-11,14-15,24,26-27H,12-13,16H2,1H3,(H,25,28)/p+1/t24-/m0/s1. The van der Waals surface area contributed by atoms with Gasteiger partial charge >= 0.3 is 0 Å². The zero-order valence-corrected chi connectivity index (χ0v) is 17.3. The Bertz CT molecular complexity index is 1070. The van der Waals surface area contributed by atoms with Crippen molar-refractivity contribution in [2.45, 2.75) is 19.4 Å². The van der Waals surface area contributed by atoms with Crippen molar-refractivity contribution in [2.24, 2.45) is 0 Å². The number of aromatic amines is 1. The van der Waals surface area contributed by atoms with Gasteiger partial charge in [0.05, 0.1) is 4.88 Å². The van der Waals surface area contributed by atoms with Crippen LogP contribution in [0.1, 0.15) is 27.6 Å². The monoisotopic (exact) mass is 404 g/mol. The van der Waals surface area contributed by atoms with Crippen LogP contribution in [0.3, 0.4) is 0 Å². The van der Waals surface area contributed by atoms with Crippen molar-refractivity contribution in [1.82, 2.24) is 10.3 Å². The second-order valence-electron chi connectivity index (χ2n) is 7.30. The maximum atomic E-state index is 12.4. The molecule has 148 valence electrons. The summed E-state index contributed by atoms with van der Waals surface area (Å²) in [6.07, 6.45) is 2.86. The predicted octanol–water partition coefficient (Wildman–Crippen LogP) is 3.55. The number of benzene rings is 2. The van der Waals surface area contributed by atoms with E-state index < -0.39 is 0 Å². The van der Waals surface area contributed by atoms with Crippen LogP contribution < -0.4 is 10.6 Å². The molecule has 1 amide bonds. The van der Waals surface area contributed by atoms with Crippen LogP contribution in [0.15, 0.2) is 72.2 Å². The summed E-state index contributed by atoms with van der Waals surface area (Å²) < 4.78 is 0. The van der Waals surface area contributed by atoms with E-state index in [1.165, 1.54) is 27.0 Å². The number of fused-ring (bicyclic) bond motifs is 1. The number of hydrogen-bond donors (Lipinski definition) is 3. The van der Waals surface area contributed by atoms with Gasteiger partial charge in [0.2, 0.25) is 0 Å². The summed E-state index contributed by atoms with van der Waals surface area (Å²) in [5.41, 5.74) is 4.85. The number of para-hydroxylation sites is 1. The van der Waals surface area contributed by atoms with Crippen LogP contribution in [0.4, 0.5) is 0 Å². The summed E-state index contributed by atoms with van der Waals surface area (Å²) in [5.74, 6) is 0.0681. The van der Waals surface area contributed by atoms with Gasteiger partial charge in [0, 0.05) is 29.2 Å². The van der Waals surface area contributed by atoms with Crippen LogP contribution in [-0.4, -0.2) is 24.0 Å². The molecule has 2 heterocycles. The smallest absolute Gasteiger partial charge is 0.275 e. The second-order valence-corrected chi connectivity index (χ2v) is 8.28. The molecule has 1 atom stereocenters. The van der Waals surface area contributed by atoms with Gasteiger partial charge in [-0.2, -0.15) is 0 Å². The highest BCUT2D eigenvalue weighted by molar-refractivity contribution is 7.10. The molecule has 0 bridgehead atoms. The molecule has 0 aliphatic carbocycles. The maximum Gasteiger partial charge on any atom is 0.275 e. The summed E-state index contributed by atoms with van der Waals surface area (Å²) in [6, 6.07) is 21.2. The average molecular weight is 405 g/mol. The minimum Gasteiger partial charge on any atom is -0.361 e. The number of amides is 1. The Hall–Kier alpha value is -2.89. The molecule has 4 aromatic rings. The quantitative estimate of drug-likeness (QED) is 0.413. The van der Waals surface area contributed by atoms with Gasteiger partial charge in [0.1, 0.15) is 6.04 Å². The Morgan fingerprint density at radius 3 is 2.72 bits per heavy atom. The van der Waals surface area contributed by atoms with Crippen LogP contribution in [0.25, 0.3) is 10.9 Å². The van der Waals surface area contributed by atoms with E-state index in [1.54, 1.807) is 11.3 Å². The summed E-state index contributed by atoms with van der Waals surface area (Å²) >= 11 is 1.73. The van der Waals surface area contributed by atoms with Crippen LogP contribution in [-0.2, 0) is 11.2 Å². The number of nitrogens with one attached hydrogen (secondary N) is 2. The van der Waals surface area contributed by atoms with Crippen molar-refractivity contribution in [3.05, 3.63) is 93.8 Å². The molecule has 29 heavy (non-hydrogen) atoms. The molecule has 2 aromatic carbocycles. The molecular weight excluding hydrogens is 378 g/mol. The number of carbonyl (C=O) groups is 1. The van der Waals surface area contributed by atoms with E-state index in [-0.39, 0.29) is 11.9 Å². The van der Waals surface area contributed by atoms with E-state index in [2.05, 4.69) is 76.5 Å². The molecule has 4 N–H and O–H groups in total. The Morgan fingerprint density at radius 1 is 1.10 bits per heavy atom. The number of aryl methyl sites for hydroxylation is 1. The molecule has 0 saturated heterocycles. The van der Waals surface area contributed by atoms with E-state index in [9.17, 15) is 4.79 Å². The van der Waals surface area contributed by atoms with Crippen LogP contribution >= 0.6 is 11.3 Å². The summed E-state index contributed by atoms with van der Waals surface area (Å²) in [5, 5.41) is 8.50. The van der Waals surface area contributed by atoms with Gasteiger partial charge in [0.25, 0.3) is 5.91 Å². The van der Waals surface area contributed by atoms with Gasteiger partial charge in [-0.3, -0.25) is 4.79 Å². The molecule has 0 spiro atoms. The highest BCUT2D eigenvalue weighted by Gasteiger charge is 2.19. The minimum atomic E-state index is 0.0681. The van der Waals surface area contributed by atoms with E-state index in [0.29, 0.717) is 13.1 Å². The largest absolute Gasteiger partial charge is 0.361 e. The minimum absolute atomic E-state index is 0.0681. The third-order valence-corrected chi connectivity index (χ3v) is 6.17. The van der Waals surface area contributed by atoms with E-state index in [0.717, 1.165) is 11.9 Å². The summed E-state index contributed by atoms with van der Waals surface area (Å²) in [7, 11) is 0. The molecule has 4 nitrogen and oxygen atoms in total. The first-order valence-corrected chi connectivity index (χ1v) is 10.8. The lowest BCUT2D eigenvalue weighted by Crippen LogP contribution is -2.87. The number of nitrogens with two attached hydrogens (primary N) is 1. The number of thiophene rings is 1. The fourth-order valence-corrected chi connectivity index (χ4v) is 4.48. The Labute approximate surface area is 175 Å². The van der Waals surface area contributed by atoms with Gasteiger partial charge in [-0.1, -0.05) is 54.1 Å². The molecule has 4 rings (SSSR count). The van der Waals surface area contributed by atoms with Crippen LogP contribution in [0.5, 0.6) is 0 Å². The van der Waals surface area contributed by atoms with Crippen molar-refractivity contribution in [3.63, 3.8) is 0 Å². The Kier molecular flexibility index (Phi) is 6.08. The zero-order valence-electron chi connectivity index (χ0n) is 16.5. The molecule has 0 aliphatic heterocycles. The highest BCUT2D eigenvalue weighted by Crippen LogP contribution is 2.23. The van der Waals surface area contributed by atoms with Crippen molar-refractivity contribution in [3.8, 4) is 0 Å². The predicted molar refractivity (Wildman–Crippen MR) is 119 cm³/mol. The summed E-state index contributed by atoms with van der Waals surface area (Å²) in [4.78, 5) is 17.0. The van der Waals surface area contributed by atoms with Gasteiger partial charge in [0.15, 0.2) is 6.54 Å². The maximum absolute atomic E-state index is 12.4. The van der Waals surface area contributed by atoms with Gasteiger partial charge in [-0.25, -0.2) is 0 Å². The highest BCUT2D eigenvalue weighted by atomic mass is 32.1. The topological polar surface area (TPSA) is 61.5 Å². The normalized spacial score (nSPS) is 12.2. The SMILES string of the molecule is Cc1ccc([C@H]([NH2+]CC(=O)NCCc2c[nH]c3ccccc23)c2cccs2)cc1. The van der Waals surface area contributed by atoms with Crippen molar-refractivity contribution in [2.75, 3.05) is 13.1 Å². The number of H-pyrrole nitrogens is 1. The van der Waals surface area contributed by atoms with Crippen molar-refractivity contribution < 1.29 is 10.1 Å². The number of carbonyl (C=O) groups excluding carboxylic acids is 1. The first-order chi connectivity index (χ1) is 14.2. The molecule has 0 unspecified atom stereocenters. The first-order valence-electron chi connectivity index (χ1n) is 9.95. The summed E-state index contributed by atoms with van der Waals surface area (Å²) in [6.45, 7) is 3.14. The molecule has 2 aromatic heterocycles. The Balaban J connectivity index is 1.33. The third-order valence-electron chi connectivity index (χ3n) is 5.22. The molecule has 0 fully saturated rings. The fourth-order valence-electron chi connectivity index (χ4n) is 3.63. The Morgan fingerprint density at radius 2 is 1.93 bits per heavy atom. The number of hydrogen-bond acceptors (Lipinski definition) is 2. The average Bonchev–Trinajstić information content (AvgIpc) is 3.40. The first kappa shape index (κ1) is 19.4. The van der Waals surface area contributed by atoms with Crippen LogP contribution in [0.2, 0.25) is 0 Å². The third kappa shape index (κ3) is 4.75. The number of rotatable bonds is 8. The molecule has 5 heteroatoms. The fraction of sp³-hybridized carbons (Fsp3) is 0.208. The van der Waals surface area contributed by atoms with E-state index in [4.69, 9.17) is 0 Å². The van der Waals surface area contributed by atoms with Gasteiger partial charge in [-0.15, -0.1) is 11.3 Å². The molecule has 0 radical (unpaired) electrons. The zero-order chi connectivity index (χ0) is 20.1. The van der Waals surface area contributed by atoms with E-state index >= 15 is 0 Å².